The Balaban J connectivity index is 2.03. The Morgan fingerprint density at radius 2 is 1.65 bits per heavy atom. The zero-order chi connectivity index (χ0) is 14.5. The lowest BCUT2D eigenvalue weighted by Crippen LogP contribution is -2.28. The van der Waals surface area contributed by atoms with Crippen LogP contribution in [0.1, 0.15) is 58.1 Å². The Morgan fingerprint density at radius 3 is 2.15 bits per heavy atom. The van der Waals surface area contributed by atoms with E-state index in [1.165, 1.54) is 31.2 Å². The molecular formula is C18H29NO. The van der Waals surface area contributed by atoms with Crippen LogP contribution in [0.2, 0.25) is 0 Å². The van der Waals surface area contributed by atoms with Gasteiger partial charge in [0.2, 0.25) is 0 Å². The number of ether oxygens (including phenoxy) is 1. The molecule has 0 heterocycles. The molecule has 1 unspecified atom stereocenters. The molecule has 2 rings (SSSR count). The number of rotatable bonds is 5. The molecule has 112 valence electrons. The van der Waals surface area contributed by atoms with E-state index < -0.39 is 0 Å². The summed E-state index contributed by atoms with van der Waals surface area (Å²) in [4.78, 5) is 0. The fourth-order valence-electron chi connectivity index (χ4n) is 3.32. The molecule has 1 aliphatic rings. The van der Waals surface area contributed by atoms with Crippen molar-refractivity contribution in [3.05, 3.63) is 29.8 Å². The summed E-state index contributed by atoms with van der Waals surface area (Å²) in [7, 11) is 2.08. The number of hydrogen-bond acceptors (Lipinski definition) is 2. The van der Waals surface area contributed by atoms with E-state index in [1.807, 2.05) is 0 Å². The summed E-state index contributed by atoms with van der Waals surface area (Å²) in [5.74, 6) is 2.65. The Kier molecular flexibility index (Phi) is 5.47. The number of nitrogens with one attached hydrogen (secondary N) is 1. The fourth-order valence-corrected chi connectivity index (χ4v) is 3.32. The van der Waals surface area contributed by atoms with Crippen LogP contribution in [-0.4, -0.2) is 13.2 Å². The van der Waals surface area contributed by atoms with Crippen molar-refractivity contribution in [2.45, 2.75) is 58.6 Å². The SMILES string of the molecule is CNC(c1ccc(OC(C)C)cc1)C1CCC(C)CC1. The van der Waals surface area contributed by atoms with Gasteiger partial charge in [-0.25, -0.2) is 0 Å². The summed E-state index contributed by atoms with van der Waals surface area (Å²) in [6.45, 7) is 6.50. The van der Waals surface area contributed by atoms with Crippen LogP contribution in [0, 0.1) is 11.8 Å². The molecule has 1 aromatic carbocycles. The quantitative estimate of drug-likeness (QED) is 0.850. The Hall–Kier alpha value is -1.02. The maximum atomic E-state index is 5.72. The van der Waals surface area contributed by atoms with Gasteiger partial charge in [0.05, 0.1) is 6.10 Å². The smallest absolute Gasteiger partial charge is 0.119 e. The van der Waals surface area contributed by atoms with Gasteiger partial charge in [-0.15, -0.1) is 0 Å². The van der Waals surface area contributed by atoms with Crippen LogP contribution >= 0.6 is 0 Å². The largest absolute Gasteiger partial charge is 0.491 e. The van der Waals surface area contributed by atoms with E-state index in [0.29, 0.717) is 6.04 Å². The molecule has 2 heteroatoms. The van der Waals surface area contributed by atoms with Crippen molar-refractivity contribution < 1.29 is 4.74 Å². The van der Waals surface area contributed by atoms with Gasteiger partial charge in [0.15, 0.2) is 0 Å². The molecule has 1 saturated carbocycles. The maximum absolute atomic E-state index is 5.72. The third-order valence-electron chi connectivity index (χ3n) is 4.45. The lowest BCUT2D eigenvalue weighted by Gasteiger charge is -2.33. The Morgan fingerprint density at radius 1 is 1.05 bits per heavy atom. The standard InChI is InChI=1S/C18H29NO/c1-13(2)20-17-11-9-16(10-12-17)18(19-4)15-7-5-14(3)6-8-15/h9-15,18-19H,5-8H2,1-4H3. The van der Waals surface area contributed by atoms with Gasteiger partial charge in [0.25, 0.3) is 0 Å². The van der Waals surface area contributed by atoms with E-state index in [1.54, 1.807) is 0 Å². The first-order chi connectivity index (χ1) is 9.60. The molecule has 1 atom stereocenters. The monoisotopic (exact) mass is 275 g/mol. The summed E-state index contributed by atoms with van der Waals surface area (Å²) >= 11 is 0. The average Bonchev–Trinajstić information content (AvgIpc) is 2.43. The molecular weight excluding hydrogens is 246 g/mol. The second-order valence-corrected chi connectivity index (χ2v) is 6.52. The Bertz CT molecular complexity index is 390. The van der Waals surface area contributed by atoms with Crippen molar-refractivity contribution in [3.63, 3.8) is 0 Å². The van der Waals surface area contributed by atoms with Gasteiger partial charge in [-0.05, 0) is 63.3 Å². The highest BCUT2D eigenvalue weighted by atomic mass is 16.5. The molecule has 0 bridgehead atoms. The lowest BCUT2D eigenvalue weighted by molar-refractivity contribution is 0.236. The maximum Gasteiger partial charge on any atom is 0.119 e. The minimum absolute atomic E-state index is 0.237. The fraction of sp³-hybridized carbons (Fsp3) is 0.667. The number of benzene rings is 1. The predicted octanol–water partition coefficient (Wildman–Crippen LogP) is 4.56. The van der Waals surface area contributed by atoms with Crippen molar-refractivity contribution in [1.29, 1.82) is 0 Å². The van der Waals surface area contributed by atoms with Gasteiger partial charge in [0.1, 0.15) is 5.75 Å². The van der Waals surface area contributed by atoms with E-state index >= 15 is 0 Å². The van der Waals surface area contributed by atoms with Crippen molar-refractivity contribution in [2.24, 2.45) is 11.8 Å². The van der Waals surface area contributed by atoms with E-state index in [-0.39, 0.29) is 6.10 Å². The zero-order valence-corrected chi connectivity index (χ0v) is 13.4. The van der Waals surface area contributed by atoms with Crippen LogP contribution in [0.15, 0.2) is 24.3 Å². The molecule has 1 fully saturated rings. The molecule has 1 N–H and O–H groups in total. The van der Waals surface area contributed by atoms with Crippen molar-refractivity contribution in [3.8, 4) is 5.75 Å². The van der Waals surface area contributed by atoms with E-state index in [2.05, 4.69) is 57.4 Å². The highest BCUT2D eigenvalue weighted by molar-refractivity contribution is 5.29. The van der Waals surface area contributed by atoms with E-state index in [0.717, 1.165) is 17.6 Å². The zero-order valence-electron chi connectivity index (χ0n) is 13.4. The second-order valence-electron chi connectivity index (χ2n) is 6.52. The van der Waals surface area contributed by atoms with Crippen LogP contribution < -0.4 is 10.1 Å². The van der Waals surface area contributed by atoms with Gasteiger partial charge in [0, 0.05) is 6.04 Å². The first-order valence-electron chi connectivity index (χ1n) is 8.04. The van der Waals surface area contributed by atoms with Crippen LogP contribution in [0.3, 0.4) is 0 Å². The molecule has 1 aliphatic carbocycles. The lowest BCUT2D eigenvalue weighted by atomic mass is 9.77. The molecule has 2 nitrogen and oxygen atoms in total. The third-order valence-corrected chi connectivity index (χ3v) is 4.45. The first-order valence-corrected chi connectivity index (χ1v) is 8.04. The normalized spacial score (nSPS) is 24.6. The topological polar surface area (TPSA) is 21.3 Å². The van der Waals surface area contributed by atoms with Gasteiger partial charge in [-0.1, -0.05) is 31.9 Å². The van der Waals surface area contributed by atoms with Crippen molar-refractivity contribution in [2.75, 3.05) is 7.05 Å². The van der Waals surface area contributed by atoms with E-state index in [4.69, 9.17) is 4.74 Å². The highest BCUT2D eigenvalue weighted by Gasteiger charge is 2.26. The summed E-state index contributed by atoms with van der Waals surface area (Å²) < 4.78 is 5.72. The molecule has 20 heavy (non-hydrogen) atoms. The summed E-state index contributed by atoms with van der Waals surface area (Å²) in [5, 5.41) is 3.52. The van der Waals surface area contributed by atoms with Gasteiger partial charge in [-0.3, -0.25) is 0 Å². The van der Waals surface area contributed by atoms with Gasteiger partial charge >= 0.3 is 0 Å². The number of hydrogen-bond donors (Lipinski definition) is 1. The predicted molar refractivity (Wildman–Crippen MR) is 85.1 cm³/mol. The molecule has 0 radical (unpaired) electrons. The van der Waals surface area contributed by atoms with E-state index in [9.17, 15) is 0 Å². The summed E-state index contributed by atoms with van der Waals surface area (Å²) in [6, 6.07) is 9.12. The van der Waals surface area contributed by atoms with Gasteiger partial charge in [-0.2, -0.15) is 0 Å². The third kappa shape index (κ3) is 3.99. The van der Waals surface area contributed by atoms with Crippen molar-refractivity contribution in [1.82, 2.24) is 5.32 Å². The molecule has 0 saturated heterocycles. The highest BCUT2D eigenvalue weighted by Crippen LogP contribution is 2.36. The first kappa shape index (κ1) is 15.4. The average molecular weight is 275 g/mol. The second kappa shape index (κ2) is 7.12. The van der Waals surface area contributed by atoms with Crippen LogP contribution in [0.25, 0.3) is 0 Å². The minimum atomic E-state index is 0.237. The van der Waals surface area contributed by atoms with Crippen LogP contribution in [-0.2, 0) is 0 Å². The summed E-state index contributed by atoms with van der Waals surface area (Å²) in [6.07, 6.45) is 5.67. The van der Waals surface area contributed by atoms with Crippen molar-refractivity contribution >= 4 is 0 Å². The minimum Gasteiger partial charge on any atom is -0.491 e. The summed E-state index contributed by atoms with van der Waals surface area (Å²) in [5.41, 5.74) is 1.39. The molecule has 0 aromatic heterocycles. The van der Waals surface area contributed by atoms with Crippen LogP contribution in [0.4, 0.5) is 0 Å². The molecule has 0 spiro atoms. The molecule has 0 amide bonds. The Labute approximate surface area is 123 Å². The van der Waals surface area contributed by atoms with Gasteiger partial charge < -0.3 is 10.1 Å². The van der Waals surface area contributed by atoms with Crippen LogP contribution in [0.5, 0.6) is 5.75 Å². The molecule has 0 aliphatic heterocycles. The molecule has 1 aromatic rings.